The lowest BCUT2D eigenvalue weighted by Gasteiger charge is -2.33. The fourth-order valence-electron chi connectivity index (χ4n) is 3.57. The van der Waals surface area contributed by atoms with Crippen molar-refractivity contribution in [2.45, 2.75) is 32.5 Å². The summed E-state index contributed by atoms with van der Waals surface area (Å²) in [6, 6.07) is 30.3. The van der Waals surface area contributed by atoms with E-state index in [1.165, 1.54) is 11.1 Å². The Balaban J connectivity index is 1.84. The molecule has 3 aromatic rings. The van der Waals surface area contributed by atoms with E-state index in [0.717, 1.165) is 18.7 Å². The first-order chi connectivity index (χ1) is 13.6. The second-order valence-electron chi connectivity index (χ2n) is 7.25. The van der Waals surface area contributed by atoms with E-state index in [4.69, 9.17) is 0 Å². The molecule has 28 heavy (non-hydrogen) atoms. The zero-order chi connectivity index (χ0) is 19.8. The Morgan fingerprint density at radius 1 is 0.750 bits per heavy atom. The van der Waals surface area contributed by atoms with E-state index in [1.54, 1.807) is 0 Å². The average molecular weight is 373 g/mol. The number of benzene rings is 3. The number of carboxylic acids is 1. The van der Waals surface area contributed by atoms with Crippen LogP contribution in [0.3, 0.4) is 0 Å². The highest BCUT2D eigenvalue weighted by Gasteiger charge is 2.29. The molecular weight excluding hydrogens is 346 g/mol. The standard InChI is InChI=1S/C25H27NO2/c1-20(24(25(27)28)17-21-11-5-2-6-12-21)26(18-22-13-7-3-8-14-22)19-23-15-9-4-10-16-23/h2-16,20,24H,17-19H2,1H3,(H,27,28)/t20-,24-/m0/s1. The molecule has 0 heterocycles. The lowest BCUT2D eigenvalue weighted by molar-refractivity contribution is -0.144. The number of carboxylic acid groups (broad SMARTS) is 1. The molecule has 0 fully saturated rings. The summed E-state index contributed by atoms with van der Waals surface area (Å²) >= 11 is 0. The first-order valence-electron chi connectivity index (χ1n) is 9.72. The van der Waals surface area contributed by atoms with Crippen molar-refractivity contribution in [1.82, 2.24) is 4.90 Å². The molecule has 0 bridgehead atoms. The largest absolute Gasteiger partial charge is 0.481 e. The molecule has 0 saturated heterocycles. The Hall–Kier alpha value is -2.91. The topological polar surface area (TPSA) is 40.5 Å². The van der Waals surface area contributed by atoms with Crippen molar-refractivity contribution in [2.75, 3.05) is 0 Å². The van der Waals surface area contributed by atoms with Gasteiger partial charge in [0.1, 0.15) is 0 Å². The third kappa shape index (κ3) is 5.54. The quantitative estimate of drug-likeness (QED) is 0.572. The highest BCUT2D eigenvalue weighted by molar-refractivity contribution is 5.71. The van der Waals surface area contributed by atoms with Gasteiger partial charge < -0.3 is 5.11 Å². The number of aliphatic carboxylic acids is 1. The summed E-state index contributed by atoms with van der Waals surface area (Å²) in [6.07, 6.45) is 0.525. The maximum absolute atomic E-state index is 12.1. The van der Waals surface area contributed by atoms with Crippen LogP contribution in [0.5, 0.6) is 0 Å². The second kappa shape index (κ2) is 9.86. The number of hydrogen-bond acceptors (Lipinski definition) is 2. The minimum Gasteiger partial charge on any atom is -0.481 e. The summed E-state index contributed by atoms with van der Waals surface area (Å²) in [5.41, 5.74) is 3.43. The van der Waals surface area contributed by atoms with Gasteiger partial charge in [-0.05, 0) is 30.0 Å². The van der Waals surface area contributed by atoms with E-state index >= 15 is 0 Å². The van der Waals surface area contributed by atoms with E-state index in [0.29, 0.717) is 6.42 Å². The monoisotopic (exact) mass is 373 g/mol. The smallest absolute Gasteiger partial charge is 0.308 e. The zero-order valence-corrected chi connectivity index (χ0v) is 16.2. The molecule has 2 atom stereocenters. The summed E-state index contributed by atoms with van der Waals surface area (Å²) in [5, 5.41) is 9.96. The Bertz CT molecular complexity index is 808. The van der Waals surface area contributed by atoms with Gasteiger partial charge in [-0.3, -0.25) is 9.69 Å². The van der Waals surface area contributed by atoms with Crippen LogP contribution in [0.4, 0.5) is 0 Å². The molecule has 3 aromatic carbocycles. The van der Waals surface area contributed by atoms with Crippen LogP contribution in [-0.2, 0) is 24.3 Å². The number of nitrogens with zero attached hydrogens (tertiary/aromatic N) is 1. The summed E-state index contributed by atoms with van der Waals surface area (Å²) in [7, 11) is 0. The normalized spacial score (nSPS) is 13.2. The van der Waals surface area contributed by atoms with Gasteiger partial charge in [0.05, 0.1) is 5.92 Å². The Labute approximate surface area is 167 Å². The van der Waals surface area contributed by atoms with Gasteiger partial charge in [0.15, 0.2) is 0 Å². The summed E-state index contributed by atoms with van der Waals surface area (Å²) < 4.78 is 0. The lowest BCUT2D eigenvalue weighted by Crippen LogP contribution is -2.42. The first kappa shape index (κ1) is 19.8. The van der Waals surface area contributed by atoms with Crippen LogP contribution in [0.15, 0.2) is 91.0 Å². The van der Waals surface area contributed by atoms with Crippen LogP contribution in [-0.4, -0.2) is 22.0 Å². The first-order valence-corrected chi connectivity index (χ1v) is 9.72. The third-order valence-corrected chi connectivity index (χ3v) is 5.23. The second-order valence-corrected chi connectivity index (χ2v) is 7.25. The fraction of sp³-hybridized carbons (Fsp3) is 0.240. The van der Waals surface area contributed by atoms with Gasteiger partial charge in [-0.15, -0.1) is 0 Å². The van der Waals surface area contributed by atoms with Crippen molar-refractivity contribution < 1.29 is 9.90 Å². The van der Waals surface area contributed by atoms with Crippen molar-refractivity contribution >= 4 is 5.97 Å². The van der Waals surface area contributed by atoms with E-state index in [1.807, 2.05) is 73.7 Å². The minimum absolute atomic E-state index is 0.113. The molecule has 3 rings (SSSR count). The highest BCUT2D eigenvalue weighted by Crippen LogP contribution is 2.22. The van der Waals surface area contributed by atoms with Crippen molar-refractivity contribution in [1.29, 1.82) is 0 Å². The molecule has 1 N–H and O–H groups in total. The lowest BCUT2D eigenvalue weighted by atomic mass is 9.91. The van der Waals surface area contributed by atoms with Crippen LogP contribution in [0.1, 0.15) is 23.6 Å². The maximum atomic E-state index is 12.1. The number of hydrogen-bond donors (Lipinski definition) is 1. The average Bonchev–Trinajstić information content (AvgIpc) is 2.73. The van der Waals surface area contributed by atoms with Gasteiger partial charge in [0.2, 0.25) is 0 Å². The van der Waals surface area contributed by atoms with Crippen molar-refractivity contribution in [2.24, 2.45) is 5.92 Å². The van der Waals surface area contributed by atoms with E-state index in [2.05, 4.69) is 29.2 Å². The molecule has 0 unspecified atom stereocenters. The van der Waals surface area contributed by atoms with Crippen molar-refractivity contribution in [3.63, 3.8) is 0 Å². The predicted molar refractivity (Wildman–Crippen MR) is 113 cm³/mol. The van der Waals surface area contributed by atoms with Crippen LogP contribution in [0.25, 0.3) is 0 Å². The van der Waals surface area contributed by atoms with E-state index in [-0.39, 0.29) is 6.04 Å². The minimum atomic E-state index is -0.748. The Morgan fingerprint density at radius 3 is 1.54 bits per heavy atom. The molecule has 0 radical (unpaired) electrons. The molecule has 0 saturated carbocycles. The van der Waals surface area contributed by atoms with Gasteiger partial charge in [-0.2, -0.15) is 0 Å². The van der Waals surface area contributed by atoms with Crippen LogP contribution in [0, 0.1) is 5.92 Å². The fourth-order valence-corrected chi connectivity index (χ4v) is 3.57. The van der Waals surface area contributed by atoms with E-state index < -0.39 is 11.9 Å². The van der Waals surface area contributed by atoms with Crippen LogP contribution in [0.2, 0.25) is 0 Å². The summed E-state index contributed by atoms with van der Waals surface area (Å²) in [5.74, 6) is -1.22. The molecule has 3 heteroatoms. The van der Waals surface area contributed by atoms with Crippen molar-refractivity contribution in [3.8, 4) is 0 Å². The van der Waals surface area contributed by atoms with Crippen LogP contribution >= 0.6 is 0 Å². The molecule has 0 amide bonds. The zero-order valence-electron chi connectivity index (χ0n) is 16.2. The molecular formula is C25H27NO2. The van der Waals surface area contributed by atoms with Gasteiger partial charge in [0, 0.05) is 19.1 Å². The Kier molecular flexibility index (Phi) is 6.99. The molecule has 3 nitrogen and oxygen atoms in total. The molecule has 144 valence electrons. The van der Waals surface area contributed by atoms with E-state index in [9.17, 15) is 9.90 Å². The summed E-state index contributed by atoms with van der Waals surface area (Å²) in [4.78, 5) is 14.4. The van der Waals surface area contributed by atoms with Crippen molar-refractivity contribution in [3.05, 3.63) is 108 Å². The molecule has 0 aliphatic carbocycles. The predicted octanol–water partition coefficient (Wildman–Crippen LogP) is 5.02. The number of carbonyl (C=O) groups is 1. The van der Waals surface area contributed by atoms with Gasteiger partial charge in [-0.1, -0.05) is 91.0 Å². The summed E-state index contributed by atoms with van der Waals surface area (Å²) in [6.45, 7) is 3.47. The van der Waals surface area contributed by atoms with Crippen LogP contribution < -0.4 is 0 Å². The third-order valence-electron chi connectivity index (χ3n) is 5.23. The highest BCUT2D eigenvalue weighted by atomic mass is 16.4. The Morgan fingerprint density at radius 2 is 1.14 bits per heavy atom. The van der Waals surface area contributed by atoms with Gasteiger partial charge in [-0.25, -0.2) is 0 Å². The number of rotatable bonds is 9. The SMILES string of the molecule is C[C@@H]([C@H](Cc1ccccc1)C(=O)O)N(Cc1ccccc1)Cc1ccccc1. The maximum Gasteiger partial charge on any atom is 0.308 e. The molecule has 0 aliphatic heterocycles. The van der Waals surface area contributed by atoms with Gasteiger partial charge in [0.25, 0.3) is 0 Å². The van der Waals surface area contributed by atoms with Gasteiger partial charge >= 0.3 is 5.97 Å². The molecule has 0 spiro atoms. The molecule has 0 aliphatic rings. The molecule has 0 aromatic heterocycles.